The van der Waals surface area contributed by atoms with Gasteiger partial charge in [-0.3, -0.25) is 4.79 Å². The maximum atomic E-state index is 11.5. The number of carbonyl (C=O) groups is 1. The molecule has 0 spiro atoms. The number of hydrogen-bond acceptors (Lipinski definition) is 4. The van der Waals surface area contributed by atoms with Gasteiger partial charge in [-0.25, -0.2) is 0 Å². The lowest BCUT2D eigenvalue weighted by atomic mass is 10.2. The molecule has 1 N–H and O–H groups in total. The van der Waals surface area contributed by atoms with Crippen LogP contribution in [0.1, 0.15) is 18.9 Å². The maximum Gasteiger partial charge on any atom is 0.231 e. The third kappa shape index (κ3) is 3.37. The van der Waals surface area contributed by atoms with E-state index in [0.29, 0.717) is 26.2 Å². The lowest BCUT2D eigenvalue weighted by Gasteiger charge is -2.06. The molecule has 1 heterocycles. The minimum atomic E-state index is -0.0129. The van der Waals surface area contributed by atoms with Crippen molar-refractivity contribution in [1.29, 1.82) is 0 Å². The lowest BCUT2D eigenvalue weighted by Crippen LogP contribution is -2.23. The van der Waals surface area contributed by atoms with Crippen molar-refractivity contribution in [3.8, 4) is 11.5 Å². The predicted molar refractivity (Wildman–Crippen MR) is 65.5 cm³/mol. The van der Waals surface area contributed by atoms with Crippen molar-refractivity contribution in [3.05, 3.63) is 23.8 Å². The molecule has 98 valence electrons. The largest absolute Gasteiger partial charge is 0.454 e. The summed E-state index contributed by atoms with van der Waals surface area (Å²) in [5.41, 5.74) is 0.990. The predicted octanol–water partition coefficient (Wildman–Crippen LogP) is 1.46. The summed E-state index contributed by atoms with van der Waals surface area (Å²) in [6.07, 6.45) is 0.387. The minimum absolute atomic E-state index is 0.0129. The SMILES string of the molecule is CCOCCC(=O)NCc1ccc2c(c1)OCO2. The maximum absolute atomic E-state index is 11.5. The molecule has 5 heteroatoms. The van der Waals surface area contributed by atoms with Gasteiger partial charge < -0.3 is 19.5 Å². The quantitative estimate of drug-likeness (QED) is 0.778. The second kappa shape index (κ2) is 6.26. The fraction of sp³-hybridized carbons (Fsp3) is 0.462. The van der Waals surface area contributed by atoms with Gasteiger partial charge in [0.15, 0.2) is 11.5 Å². The van der Waals surface area contributed by atoms with E-state index in [-0.39, 0.29) is 12.7 Å². The van der Waals surface area contributed by atoms with Crippen LogP contribution >= 0.6 is 0 Å². The van der Waals surface area contributed by atoms with Crippen LogP contribution < -0.4 is 14.8 Å². The first kappa shape index (κ1) is 12.7. The van der Waals surface area contributed by atoms with Crippen LogP contribution in [0.4, 0.5) is 0 Å². The monoisotopic (exact) mass is 251 g/mol. The van der Waals surface area contributed by atoms with Crippen molar-refractivity contribution >= 4 is 5.91 Å². The lowest BCUT2D eigenvalue weighted by molar-refractivity contribution is -0.122. The first-order chi connectivity index (χ1) is 8.79. The smallest absolute Gasteiger partial charge is 0.231 e. The third-order valence-electron chi connectivity index (χ3n) is 2.60. The fourth-order valence-corrected chi connectivity index (χ4v) is 1.65. The van der Waals surface area contributed by atoms with E-state index in [4.69, 9.17) is 14.2 Å². The van der Waals surface area contributed by atoms with Gasteiger partial charge >= 0.3 is 0 Å². The molecule has 0 atom stereocenters. The van der Waals surface area contributed by atoms with Crippen LogP contribution in [0.3, 0.4) is 0 Å². The van der Waals surface area contributed by atoms with Crippen LogP contribution in [-0.2, 0) is 16.1 Å². The Labute approximate surface area is 106 Å². The summed E-state index contributed by atoms with van der Waals surface area (Å²) in [5, 5.41) is 2.83. The van der Waals surface area contributed by atoms with Crippen molar-refractivity contribution in [2.45, 2.75) is 19.9 Å². The topological polar surface area (TPSA) is 56.8 Å². The molecule has 5 nitrogen and oxygen atoms in total. The molecule has 1 aromatic rings. The summed E-state index contributed by atoms with van der Waals surface area (Å²) in [4.78, 5) is 11.5. The number of amides is 1. The van der Waals surface area contributed by atoms with Crippen LogP contribution in [0.25, 0.3) is 0 Å². The van der Waals surface area contributed by atoms with Crippen LogP contribution in [0, 0.1) is 0 Å². The van der Waals surface area contributed by atoms with E-state index in [1.807, 2.05) is 25.1 Å². The molecule has 1 aliphatic rings. The molecule has 0 radical (unpaired) electrons. The normalized spacial score (nSPS) is 12.5. The second-order valence-corrected chi connectivity index (χ2v) is 3.91. The molecule has 1 aromatic carbocycles. The minimum Gasteiger partial charge on any atom is -0.454 e. The number of ether oxygens (including phenoxy) is 3. The first-order valence-electron chi connectivity index (χ1n) is 6.02. The van der Waals surface area contributed by atoms with Crippen LogP contribution in [-0.4, -0.2) is 25.9 Å². The van der Waals surface area contributed by atoms with Crippen LogP contribution in [0.2, 0.25) is 0 Å². The van der Waals surface area contributed by atoms with Gasteiger partial charge in [-0.1, -0.05) is 6.07 Å². The zero-order valence-electron chi connectivity index (χ0n) is 10.4. The standard InChI is InChI=1S/C13H17NO4/c1-2-16-6-5-13(15)14-8-10-3-4-11-12(7-10)18-9-17-11/h3-4,7H,2,5-6,8-9H2,1H3,(H,14,15). The van der Waals surface area contributed by atoms with Crippen LogP contribution in [0.5, 0.6) is 11.5 Å². The Kier molecular flexibility index (Phi) is 4.41. The fourth-order valence-electron chi connectivity index (χ4n) is 1.65. The van der Waals surface area contributed by atoms with Gasteiger partial charge in [0.05, 0.1) is 6.61 Å². The Hall–Kier alpha value is -1.75. The Balaban J connectivity index is 1.78. The molecule has 0 saturated carbocycles. The number of carbonyl (C=O) groups excluding carboxylic acids is 1. The molecule has 1 aliphatic heterocycles. The molecule has 1 amide bonds. The summed E-state index contributed by atoms with van der Waals surface area (Å²) in [6.45, 7) is 3.75. The van der Waals surface area contributed by atoms with Gasteiger partial charge in [-0.15, -0.1) is 0 Å². The number of rotatable bonds is 6. The van der Waals surface area contributed by atoms with E-state index < -0.39 is 0 Å². The number of nitrogens with one attached hydrogen (secondary N) is 1. The average molecular weight is 251 g/mol. The molecule has 0 aromatic heterocycles. The van der Waals surface area contributed by atoms with E-state index in [0.717, 1.165) is 17.1 Å². The number of hydrogen-bond donors (Lipinski definition) is 1. The van der Waals surface area contributed by atoms with Crippen molar-refractivity contribution < 1.29 is 19.0 Å². The highest BCUT2D eigenvalue weighted by molar-refractivity contribution is 5.75. The highest BCUT2D eigenvalue weighted by Crippen LogP contribution is 2.32. The summed E-state index contributed by atoms with van der Waals surface area (Å²) in [5.74, 6) is 1.47. The first-order valence-corrected chi connectivity index (χ1v) is 6.02. The number of fused-ring (bicyclic) bond motifs is 1. The van der Waals surface area contributed by atoms with Crippen molar-refractivity contribution in [3.63, 3.8) is 0 Å². The van der Waals surface area contributed by atoms with E-state index in [2.05, 4.69) is 5.32 Å². The Bertz CT molecular complexity index is 419. The van der Waals surface area contributed by atoms with Crippen molar-refractivity contribution in [2.75, 3.05) is 20.0 Å². The Morgan fingerprint density at radius 3 is 3.06 bits per heavy atom. The molecule has 0 aliphatic carbocycles. The zero-order chi connectivity index (χ0) is 12.8. The van der Waals surface area contributed by atoms with Gasteiger partial charge in [0.1, 0.15) is 0 Å². The molecular formula is C13H17NO4. The molecule has 0 unspecified atom stereocenters. The molecule has 0 bridgehead atoms. The Morgan fingerprint density at radius 2 is 2.22 bits per heavy atom. The molecular weight excluding hydrogens is 234 g/mol. The average Bonchev–Trinajstić information content (AvgIpc) is 2.84. The number of benzene rings is 1. The van der Waals surface area contributed by atoms with Gasteiger partial charge in [0, 0.05) is 19.6 Å². The van der Waals surface area contributed by atoms with E-state index >= 15 is 0 Å². The van der Waals surface area contributed by atoms with Gasteiger partial charge in [0.2, 0.25) is 12.7 Å². The Morgan fingerprint density at radius 1 is 1.39 bits per heavy atom. The summed E-state index contributed by atoms with van der Waals surface area (Å²) >= 11 is 0. The van der Waals surface area contributed by atoms with Crippen LogP contribution in [0.15, 0.2) is 18.2 Å². The highest BCUT2D eigenvalue weighted by atomic mass is 16.7. The summed E-state index contributed by atoms with van der Waals surface area (Å²) in [7, 11) is 0. The second-order valence-electron chi connectivity index (χ2n) is 3.91. The molecule has 0 fully saturated rings. The third-order valence-corrected chi connectivity index (χ3v) is 2.60. The van der Waals surface area contributed by atoms with E-state index in [1.54, 1.807) is 0 Å². The van der Waals surface area contributed by atoms with Gasteiger partial charge in [-0.2, -0.15) is 0 Å². The molecule has 2 rings (SSSR count). The van der Waals surface area contributed by atoms with Crippen molar-refractivity contribution in [2.24, 2.45) is 0 Å². The van der Waals surface area contributed by atoms with Crippen molar-refractivity contribution in [1.82, 2.24) is 5.32 Å². The van der Waals surface area contributed by atoms with E-state index in [9.17, 15) is 4.79 Å². The summed E-state index contributed by atoms with van der Waals surface area (Å²) in [6, 6.07) is 5.64. The van der Waals surface area contributed by atoms with Gasteiger partial charge in [0.25, 0.3) is 0 Å². The highest BCUT2D eigenvalue weighted by Gasteiger charge is 2.13. The van der Waals surface area contributed by atoms with Gasteiger partial charge in [-0.05, 0) is 24.6 Å². The molecule has 18 heavy (non-hydrogen) atoms. The zero-order valence-corrected chi connectivity index (χ0v) is 10.4. The van der Waals surface area contributed by atoms with E-state index in [1.165, 1.54) is 0 Å². The summed E-state index contributed by atoms with van der Waals surface area (Å²) < 4.78 is 15.6. The molecule has 0 saturated heterocycles.